The fourth-order valence-electron chi connectivity index (χ4n) is 7.72. The second kappa shape index (κ2) is 16.3. The zero-order chi connectivity index (χ0) is 42.2. The highest BCUT2D eigenvalue weighted by Crippen LogP contribution is 2.50. The van der Waals surface area contributed by atoms with Gasteiger partial charge in [-0.1, -0.05) is 31.5 Å². The molecule has 0 fully saturated rings. The number of ketones is 1. The van der Waals surface area contributed by atoms with Crippen molar-refractivity contribution in [1.29, 1.82) is 0 Å². The summed E-state index contributed by atoms with van der Waals surface area (Å²) < 4.78 is 67.7. The molecule has 2 aliphatic heterocycles. The second-order valence-corrected chi connectivity index (χ2v) is 19.3. The Kier molecular flexibility index (Phi) is 12.4. The van der Waals surface area contributed by atoms with Gasteiger partial charge >= 0.3 is 5.97 Å². The molecule has 1 atom stereocenters. The zero-order valence-electron chi connectivity index (χ0n) is 33.1. The Morgan fingerprint density at radius 3 is 2.21 bits per heavy atom. The van der Waals surface area contributed by atoms with Gasteiger partial charge in [0.15, 0.2) is 5.71 Å². The van der Waals surface area contributed by atoms with Gasteiger partial charge in [-0.05, 0) is 83.2 Å². The molecule has 1 unspecified atom stereocenters. The molecule has 0 saturated carbocycles. The lowest BCUT2D eigenvalue weighted by Crippen LogP contribution is -2.34. The molecule has 5 rings (SSSR count). The van der Waals surface area contributed by atoms with E-state index in [2.05, 4.69) is 16.3 Å². The molecule has 57 heavy (non-hydrogen) atoms. The van der Waals surface area contributed by atoms with E-state index < -0.39 is 42.3 Å². The first kappa shape index (κ1) is 43.5. The van der Waals surface area contributed by atoms with E-state index in [1.165, 1.54) is 19.1 Å². The minimum atomic E-state index is -4.51. The lowest BCUT2D eigenvalue weighted by Gasteiger charge is -2.29. The quantitative estimate of drug-likeness (QED) is 0.0551. The molecule has 1 amide bonds. The van der Waals surface area contributed by atoms with Gasteiger partial charge in [0.1, 0.15) is 17.6 Å². The molecule has 3 aliphatic rings. The van der Waals surface area contributed by atoms with Crippen molar-refractivity contribution >= 4 is 55.0 Å². The van der Waals surface area contributed by atoms with Gasteiger partial charge in [-0.3, -0.25) is 23.5 Å². The van der Waals surface area contributed by atoms with Gasteiger partial charge in [-0.15, -0.1) is 0 Å². The Morgan fingerprint density at radius 1 is 0.895 bits per heavy atom. The number of carbonyl (C=O) groups is 3. The van der Waals surface area contributed by atoms with Crippen molar-refractivity contribution in [1.82, 2.24) is 5.32 Å². The molecule has 5 N–H and O–H groups in total. The number of carboxylic acid groups (broad SMARTS) is 1. The average molecular weight is 827 g/mol. The number of carboxylic acids is 1. The maximum Gasteiger partial charge on any atom is 0.303 e. The van der Waals surface area contributed by atoms with Crippen molar-refractivity contribution < 1.29 is 55.1 Å². The number of amides is 1. The highest BCUT2D eigenvalue weighted by atomic mass is 32.2. The second-order valence-electron chi connectivity index (χ2n) is 16.1. The maximum absolute atomic E-state index is 14.0. The van der Waals surface area contributed by atoms with E-state index in [0.717, 1.165) is 22.5 Å². The minimum absolute atomic E-state index is 0.0311. The fraction of sp³-hybridized carbons (Fsp3) is 0.463. The van der Waals surface area contributed by atoms with E-state index >= 15 is 0 Å². The van der Waals surface area contributed by atoms with Gasteiger partial charge in [0.25, 0.3) is 20.2 Å². The molecule has 0 aromatic heterocycles. The number of fused-ring (bicyclic) bond motifs is 2. The third-order valence-corrected chi connectivity index (χ3v) is 13.2. The summed E-state index contributed by atoms with van der Waals surface area (Å²) in [5.74, 6) is -1.79. The number of anilines is 1. The standard InChI is InChI=1S/C41H51N3O11S2/c1-25-14-16-32-30(20-25)40(3,4)34(44(32)19-11-9-12-36(45)42-24-26(2)56(50,51)52)22-28-38(48)29(39(28)49)23-35-41(5,6)31-21-27(57(53,54)55)15-17-33(31)43(35)18-10-7-8-13-37(46)47/h14-17,20-23,26H,7-13,18-19,24H2,1-6H3,(H4-,42,45,46,47,48,49,50,51,52,53,54,55)/p+1. The topological polar surface area (TPSA) is 219 Å². The summed E-state index contributed by atoms with van der Waals surface area (Å²) in [5.41, 5.74) is 4.54. The number of Topliss-reactive ketones (excluding diaryl/α,β-unsaturated/α-hetero) is 1. The SMILES string of the molecule is Cc1ccc2c(c1)C(C)(C)C(=CC1=C(O)C(=CC3=[N+](CCCCCC(=O)O)c4ccc(S(=O)(=O)O)cc4C3(C)C)C1=O)N2CCCCC(=O)NCC(C)S(=O)(=O)O. The Bertz CT molecular complexity index is 2350. The predicted molar refractivity (Wildman–Crippen MR) is 215 cm³/mol. The number of benzene rings is 2. The van der Waals surface area contributed by atoms with Gasteiger partial charge in [0, 0.05) is 66.9 Å². The van der Waals surface area contributed by atoms with Crippen molar-refractivity contribution in [2.24, 2.45) is 0 Å². The number of unbranched alkanes of at least 4 members (excludes halogenated alkanes) is 3. The number of aliphatic hydroxyl groups is 1. The zero-order valence-corrected chi connectivity index (χ0v) is 34.8. The number of nitrogens with one attached hydrogen (secondary N) is 1. The largest absolute Gasteiger partial charge is 0.506 e. The lowest BCUT2D eigenvalue weighted by atomic mass is 9.77. The molecule has 2 aromatic rings. The molecule has 0 saturated heterocycles. The first-order valence-electron chi connectivity index (χ1n) is 19.0. The van der Waals surface area contributed by atoms with Gasteiger partial charge in [0.05, 0.1) is 21.5 Å². The van der Waals surface area contributed by atoms with Crippen molar-refractivity contribution in [3.8, 4) is 0 Å². The van der Waals surface area contributed by atoms with Crippen LogP contribution in [0.4, 0.5) is 11.4 Å². The van der Waals surface area contributed by atoms with Gasteiger partial charge in [-0.2, -0.15) is 21.4 Å². The van der Waals surface area contributed by atoms with Gasteiger partial charge in [-0.25, -0.2) is 0 Å². The van der Waals surface area contributed by atoms with Crippen LogP contribution in [0.3, 0.4) is 0 Å². The monoisotopic (exact) mass is 826 g/mol. The van der Waals surface area contributed by atoms with Crippen LogP contribution in [0, 0.1) is 6.92 Å². The van der Waals surface area contributed by atoms with E-state index in [9.17, 15) is 45.4 Å². The summed E-state index contributed by atoms with van der Waals surface area (Å²) in [6, 6.07) is 10.4. The smallest absolute Gasteiger partial charge is 0.303 e. The summed E-state index contributed by atoms with van der Waals surface area (Å²) in [5, 5.41) is 22.0. The first-order valence-corrected chi connectivity index (χ1v) is 21.9. The Hall–Kier alpha value is -4.64. The lowest BCUT2D eigenvalue weighted by molar-refractivity contribution is -0.438. The summed E-state index contributed by atoms with van der Waals surface area (Å²) in [6.07, 6.45) is 6.26. The van der Waals surface area contributed by atoms with Gasteiger partial charge < -0.3 is 20.4 Å². The number of aliphatic carboxylic acids is 1. The van der Waals surface area contributed by atoms with E-state index in [-0.39, 0.29) is 52.9 Å². The molecule has 16 heteroatoms. The normalized spacial score (nSPS) is 19.2. The number of allylic oxidation sites excluding steroid dienone is 5. The number of carbonyl (C=O) groups excluding carboxylic acids is 2. The summed E-state index contributed by atoms with van der Waals surface area (Å²) in [6.45, 7) is 11.8. The number of rotatable bonds is 17. The Balaban J connectivity index is 1.45. The molecule has 0 bridgehead atoms. The average Bonchev–Trinajstić information content (AvgIpc) is 3.46. The van der Waals surface area contributed by atoms with E-state index in [1.54, 1.807) is 18.2 Å². The molecule has 0 radical (unpaired) electrons. The predicted octanol–water partition coefficient (Wildman–Crippen LogP) is 5.83. The molecule has 1 aliphatic carbocycles. The number of hydrogen-bond donors (Lipinski definition) is 5. The van der Waals surface area contributed by atoms with Crippen LogP contribution in [0.1, 0.15) is 96.3 Å². The van der Waals surface area contributed by atoms with Crippen LogP contribution in [0.15, 0.2) is 76.0 Å². The van der Waals surface area contributed by atoms with Crippen LogP contribution in [0.5, 0.6) is 0 Å². The summed E-state index contributed by atoms with van der Waals surface area (Å²) >= 11 is 0. The highest BCUT2D eigenvalue weighted by Gasteiger charge is 2.48. The Labute approximate surface area is 334 Å². The first-order chi connectivity index (χ1) is 26.5. The molecule has 2 aromatic carbocycles. The van der Waals surface area contributed by atoms with Crippen LogP contribution in [0.2, 0.25) is 0 Å². The molecule has 0 spiro atoms. The van der Waals surface area contributed by atoms with Crippen molar-refractivity contribution in [2.75, 3.05) is 24.5 Å². The maximum atomic E-state index is 14.0. The van der Waals surface area contributed by atoms with E-state index in [0.29, 0.717) is 62.2 Å². The fourth-order valence-corrected chi connectivity index (χ4v) is 8.52. The number of nitrogens with zero attached hydrogens (tertiary/aromatic N) is 2. The molecule has 14 nitrogen and oxygen atoms in total. The highest BCUT2D eigenvalue weighted by molar-refractivity contribution is 7.86. The minimum Gasteiger partial charge on any atom is -0.506 e. The van der Waals surface area contributed by atoms with Crippen molar-refractivity contribution in [3.05, 3.63) is 87.8 Å². The van der Waals surface area contributed by atoms with Crippen molar-refractivity contribution in [2.45, 2.75) is 107 Å². The third kappa shape index (κ3) is 9.09. The van der Waals surface area contributed by atoms with Crippen LogP contribution in [-0.2, 0) is 45.4 Å². The van der Waals surface area contributed by atoms with E-state index in [1.807, 2.05) is 51.3 Å². The molecule has 308 valence electrons. The number of aryl methyl sites for hydroxylation is 1. The van der Waals surface area contributed by atoms with Crippen LogP contribution >= 0.6 is 0 Å². The summed E-state index contributed by atoms with van der Waals surface area (Å²) in [4.78, 5) is 39.3. The Morgan fingerprint density at radius 2 is 1.58 bits per heavy atom. The summed E-state index contributed by atoms with van der Waals surface area (Å²) in [7, 11) is -8.77. The third-order valence-electron chi connectivity index (χ3n) is 11.2. The van der Waals surface area contributed by atoms with Crippen LogP contribution < -0.4 is 10.2 Å². The molecular weight excluding hydrogens is 775 g/mol. The van der Waals surface area contributed by atoms with Crippen LogP contribution in [-0.4, -0.2) is 89.0 Å². The van der Waals surface area contributed by atoms with E-state index in [4.69, 9.17) is 5.11 Å². The van der Waals surface area contributed by atoms with Crippen molar-refractivity contribution in [3.63, 3.8) is 0 Å². The number of aliphatic hydroxyl groups excluding tert-OH is 1. The van der Waals surface area contributed by atoms with Crippen LogP contribution in [0.25, 0.3) is 0 Å². The van der Waals surface area contributed by atoms with Gasteiger partial charge in [0.2, 0.25) is 17.4 Å². The molecule has 2 heterocycles. The number of hydrogen-bond acceptors (Lipinski definition) is 9. The molecular formula is C41H52N3O11S2+.